The van der Waals surface area contributed by atoms with E-state index >= 15 is 0 Å². The largest absolute Gasteiger partial charge is 0.315 e. The van der Waals surface area contributed by atoms with Gasteiger partial charge in [0.05, 0.1) is 9.85 Å². The molecule has 0 saturated carbocycles. The van der Waals surface area contributed by atoms with Crippen LogP contribution < -0.4 is 0 Å². The molecule has 92 valence electrons. The summed E-state index contributed by atoms with van der Waals surface area (Å²) in [6.07, 6.45) is 0. The molecule has 0 aliphatic heterocycles. The quantitative estimate of drug-likeness (QED) is 0.501. The average molecular weight is 283 g/mol. The van der Waals surface area contributed by atoms with E-state index in [1.807, 2.05) is 0 Å². The molecule has 0 saturated heterocycles. The van der Waals surface area contributed by atoms with Crippen molar-refractivity contribution in [1.82, 2.24) is 0 Å². The van der Waals surface area contributed by atoms with Crippen molar-refractivity contribution < 1.29 is 22.8 Å². The zero-order valence-corrected chi connectivity index (χ0v) is 9.30. The van der Waals surface area contributed by atoms with E-state index in [1.54, 1.807) is 0 Å². The van der Waals surface area contributed by atoms with E-state index in [0.29, 0.717) is 12.1 Å². The van der Waals surface area contributed by atoms with Crippen LogP contribution in [0.3, 0.4) is 0 Å². The molecule has 1 rings (SSSR count). The summed E-state index contributed by atoms with van der Waals surface area (Å²) < 4.78 is 30.3. The van der Waals surface area contributed by atoms with Gasteiger partial charge in [0.25, 0.3) is 5.69 Å². The van der Waals surface area contributed by atoms with Crippen molar-refractivity contribution >= 4 is 33.1 Å². The van der Waals surface area contributed by atoms with Gasteiger partial charge in [0.1, 0.15) is 0 Å². The predicted octanol–water partition coefficient (Wildman–Crippen LogP) is 1.40. The summed E-state index contributed by atoms with van der Waals surface area (Å²) in [6.45, 7) is 0. The predicted molar refractivity (Wildman–Crippen MR) is 54.6 cm³/mol. The second kappa shape index (κ2) is 4.24. The van der Waals surface area contributed by atoms with E-state index in [0.717, 1.165) is 0 Å². The summed E-state index contributed by atoms with van der Waals surface area (Å²) in [6, 6.07) is 1.19. The monoisotopic (exact) mass is 282 g/mol. The summed E-state index contributed by atoms with van der Waals surface area (Å²) in [5.74, 6) is 0. The van der Waals surface area contributed by atoms with E-state index in [9.17, 15) is 28.6 Å². The maximum atomic E-state index is 10.8. The zero-order chi connectivity index (χ0) is 13.4. The molecule has 0 atom stereocenters. The molecule has 0 aliphatic rings. The number of nitro benzene ring substituents is 2. The Balaban J connectivity index is 3.75. The van der Waals surface area contributed by atoms with Gasteiger partial charge in [-0.15, -0.1) is 0 Å². The second-order valence-corrected chi connectivity index (χ2v) is 4.50. The van der Waals surface area contributed by atoms with E-state index in [2.05, 4.69) is 0 Å². The minimum absolute atomic E-state index is 0.539. The Bertz CT molecular complexity index is 611. The van der Waals surface area contributed by atoms with Crippen molar-refractivity contribution in [3.63, 3.8) is 0 Å². The molecule has 1 aromatic rings. The summed E-state index contributed by atoms with van der Waals surface area (Å²) in [7, 11) is -4.89. The first kappa shape index (κ1) is 13.3. The van der Waals surface area contributed by atoms with Crippen LogP contribution in [0.1, 0.15) is 0 Å². The Morgan fingerprint density at radius 2 is 1.71 bits per heavy atom. The van der Waals surface area contributed by atoms with Crippen LogP contribution in [0.2, 0.25) is 5.02 Å². The number of hydrogen-bond donors (Lipinski definition) is 1. The lowest BCUT2D eigenvalue weighted by Gasteiger charge is -2.01. The van der Waals surface area contributed by atoms with Crippen LogP contribution in [-0.2, 0) is 10.1 Å². The minimum Gasteiger partial charge on any atom is -0.282 e. The maximum absolute atomic E-state index is 10.8. The summed E-state index contributed by atoms with van der Waals surface area (Å²) >= 11 is 5.35. The molecular formula is C6H3ClN2O7S. The highest BCUT2D eigenvalue weighted by molar-refractivity contribution is 7.86. The molecule has 0 aromatic heterocycles. The smallest absolute Gasteiger partial charge is 0.282 e. The van der Waals surface area contributed by atoms with Gasteiger partial charge < -0.3 is 0 Å². The molecule has 0 bridgehead atoms. The Labute approximate surface area is 98.7 Å². The Kier molecular flexibility index (Phi) is 3.31. The van der Waals surface area contributed by atoms with Gasteiger partial charge >= 0.3 is 15.8 Å². The van der Waals surface area contributed by atoms with E-state index in [4.69, 9.17) is 16.2 Å². The first-order valence-corrected chi connectivity index (χ1v) is 5.57. The number of hydrogen-bond acceptors (Lipinski definition) is 6. The maximum Gasteiger partial charge on any atom is 0.315 e. The van der Waals surface area contributed by atoms with E-state index in [-0.39, 0.29) is 0 Å². The SMILES string of the molecule is O=[N+]([O-])c1ccc(S(=O)(=O)O)c([N+](=O)[O-])c1Cl. The molecule has 0 amide bonds. The summed E-state index contributed by atoms with van der Waals surface area (Å²) in [5, 5.41) is 20.1. The average Bonchev–Trinajstić information content (AvgIpc) is 2.14. The van der Waals surface area contributed by atoms with Crippen molar-refractivity contribution in [2.45, 2.75) is 4.90 Å². The molecule has 11 heteroatoms. The van der Waals surface area contributed by atoms with Crippen LogP contribution in [0, 0.1) is 20.2 Å². The fraction of sp³-hybridized carbons (Fsp3) is 0. The molecule has 0 radical (unpaired) electrons. The fourth-order valence-electron chi connectivity index (χ4n) is 1.06. The van der Waals surface area contributed by atoms with Gasteiger partial charge in [0, 0.05) is 6.07 Å². The first-order valence-electron chi connectivity index (χ1n) is 3.75. The fourth-order valence-corrected chi connectivity index (χ4v) is 2.08. The van der Waals surface area contributed by atoms with Gasteiger partial charge in [-0.25, -0.2) is 0 Å². The highest BCUT2D eigenvalue weighted by Gasteiger charge is 2.32. The molecule has 0 unspecified atom stereocenters. The Morgan fingerprint density at radius 1 is 1.18 bits per heavy atom. The lowest BCUT2D eigenvalue weighted by molar-refractivity contribution is -0.395. The Morgan fingerprint density at radius 3 is 2.06 bits per heavy atom. The first-order chi connectivity index (χ1) is 7.66. The van der Waals surface area contributed by atoms with Crippen LogP contribution in [-0.4, -0.2) is 22.8 Å². The van der Waals surface area contributed by atoms with Crippen molar-refractivity contribution in [2.24, 2.45) is 0 Å². The number of halogens is 1. The second-order valence-electron chi connectivity index (χ2n) is 2.73. The lowest BCUT2D eigenvalue weighted by Crippen LogP contribution is -2.05. The number of nitrogens with zero attached hydrogens (tertiary/aromatic N) is 2. The van der Waals surface area contributed by atoms with Crippen molar-refractivity contribution in [3.8, 4) is 0 Å². The molecule has 0 heterocycles. The third-order valence-electron chi connectivity index (χ3n) is 1.72. The normalized spacial score (nSPS) is 11.2. The van der Waals surface area contributed by atoms with E-state index < -0.39 is 41.3 Å². The van der Waals surface area contributed by atoms with Crippen LogP contribution in [0.5, 0.6) is 0 Å². The highest BCUT2D eigenvalue weighted by Crippen LogP contribution is 2.38. The molecule has 0 spiro atoms. The van der Waals surface area contributed by atoms with Crippen molar-refractivity contribution in [3.05, 3.63) is 37.4 Å². The van der Waals surface area contributed by atoms with Gasteiger partial charge in [-0.2, -0.15) is 8.42 Å². The van der Waals surface area contributed by atoms with Crippen LogP contribution in [0.25, 0.3) is 0 Å². The molecular weight excluding hydrogens is 280 g/mol. The van der Waals surface area contributed by atoms with Crippen LogP contribution in [0.4, 0.5) is 11.4 Å². The summed E-state index contributed by atoms with van der Waals surface area (Å²) in [5.41, 5.74) is -2.06. The molecule has 17 heavy (non-hydrogen) atoms. The Hall–Kier alpha value is -1.78. The molecule has 1 aromatic carbocycles. The van der Waals surface area contributed by atoms with Gasteiger partial charge in [-0.1, -0.05) is 11.6 Å². The molecule has 0 aliphatic carbocycles. The zero-order valence-electron chi connectivity index (χ0n) is 7.73. The van der Waals surface area contributed by atoms with Gasteiger partial charge in [-0.05, 0) is 6.07 Å². The number of benzene rings is 1. The highest BCUT2D eigenvalue weighted by atomic mass is 35.5. The summed E-state index contributed by atoms with van der Waals surface area (Å²) in [4.78, 5) is 17.7. The van der Waals surface area contributed by atoms with Crippen molar-refractivity contribution in [2.75, 3.05) is 0 Å². The standard InChI is InChI=1S/C6H3ClN2O7S/c7-5-3(8(10)11)1-2-4(17(14,15)16)6(5)9(12)13/h1-2H,(H,14,15,16). The van der Waals surface area contributed by atoms with Gasteiger partial charge in [0.2, 0.25) is 0 Å². The van der Waals surface area contributed by atoms with E-state index in [1.165, 1.54) is 0 Å². The lowest BCUT2D eigenvalue weighted by atomic mass is 10.3. The molecule has 0 fully saturated rings. The third kappa shape index (κ3) is 2.49. The van der Waals surface area contributed by atoms with Gasteiger partial charge in [-0.3, -0.25) is 24.8 Å². The van der Waals surface area contributed by atoms with Crippen LogP contribution >= 0.6 is 11.6 Å². The molecule has 9 nitrogen and oxygen atoms in total. The third-order valence-corrected chi connectivity index (χ3v) is 2.97. The minimum atomic E-state index is -4.89. The molecule has 1 N–H and O–H groups in total. The number of rotatable bonds is 3. The number of nitro groups is 2. The van der Waals surface area contributed by atoms with Crippen molar-refractivity contribution in [1.29, 1.82) is 0 Å². The topological polar surface area (TPSA) is 141 Å². The van der Waals surface area contributed by atoms with Crippen LogP contribution in [0.15, 0.2) is 17.0 Å². The van der Waals surface area contributed by atoms with Gasteiger partial charge in [0.15, 0.2) is 9.92 Å².